The average molecular weight is 202 g/mol. The lowest BCUT2D eigenvalue weighted by molar-refractivity contribution is 0.471. The van der Waals surface area contributed by atoms with Gasteiger partial charge in [0.05, 0.1) is 5.69 Å². The van der Waals surface area contributed by atoms with Gasteiger partial charge in [0.15, 0.2) is 0 Å². The van der Waals surface area contributed by atoms with Crippen LogP contribution in [0.1, 0.15) is 30.5 Å². The van der Waals surface area contributed by atoms with Crippen LogP contribution in [0.4, 0.5) is 0 Å². The van der Waals surface area contributed by atoms with Crippen molar-refractivity contribution in [1.82, 2.24) is 10.3 Å². The first-order chi connectivity index (χ1) is 7.34. The lowest BCUT2D eigenvalue weighted by Crippen LogP contribution is -2.29. The van der Waals surface area contributed by atoms with Crippen molar-refractivity contribution >= 4 is 0 Å². The van der Waals surface area contributed by atoms with E-state index in [4.69, 9.17) is 0 Å². The van der Waals surface area contributed by atoms with E-state index < -0.39 is 0 Å². The number of aryl methyl sites for hydroxylation is 1. The van der Waals surface area contributed by atoms with Crippen molar-refractivity contribution in [2.24, 2.45) is 0 Å². The minimum absolute atomic E-state index is 0.637. The molecule has 1 aromatic heterocycles. The van der Waals surface area contributed by atoms with Gasteiger partial charge in [-0.05, 0) is 37.8 Å². The Labute approximate surface area is 91.4 Å². The molecule has 0 amide bonds. The second-order valence-corrected chi connectivity index (χ2v) is 4.19. The van der Waals surface area contributed by atoms with E-state index in [-0.39, 0.29) is 0 Å². The van der Waals surface area contributed by atoms with E-state index >= 15 is 0 Å². The topological polar surface area (TPSA) is 24.9 Å². The third-order valence-corrected chi connectivity index (χ3v) is 2.81. The van der Waals surface area contributed by atoms with Crippen LogP contribution < -0.4 is 5.32 Å². The summed E-state index contributed by atoms with van der Waals surface area (Å²) in [4.78, 5) is 4.38. The summed E-state index contributed by atoms with van der Waals surface area (Å²) in [6.07, 6.45) is 10.1. The minimum atomic E-state index is 0.637. The summed E-state index contributed by atoms with van der Waals surface area (Å²) in [6.45, 7) is 2.95. The molecular weight excluding hydrogens is 184 g/mol. The number of pyridine rings is 1. The van der Waals surface area contributed by atoms with Crippen molar-refractivity contribution in [2.75, 3.05) is 0 Å². The lowest BCUT2D eigenvalue weighted by Gasteiger charge is -2.19. The Hall–Kier alpha value is -1.15. The first-order valence-corrected chi connectivity index (χ1v) is 5.64. The molecule has 1 aromatic rings. The summed E-state index contributed by atoms with van der Waals surface area (Å²) < 4.78 is 0. The van der Waals surface area contributed by atoms with E-state index in [1.807, 2.05) is 6.20 Å². The third kappa shape index (κ3) is 3.17. The number of aromatic nitrogens is 1. The molecular formula is C13H18N2. The molecule has 0 saturated heterocycles. The number of hydrogen-bond donors (Lipinski definition) is 1. The molecule has 1 heterocycles. The first kappa shape index (κ1) is 10.4. The van der Waals surface area contributed by atoms with Crippen LogP contribution in [-0.2, 0) is 6.54 Å². The molecule has 0 radical (unpaired) electrons. The molecule has 0 fully saturated rings. The summed E-state index contributed by atoms with van der Waals surface area (Å²) in [5, 5.41) is 3.54. The van der Waals surface area contributed by atoms with Crippen LogP contribution in [0.15, 0.2) is 30.5 Å². The van der Waals surface area contributed by atoms with E-state index in [0.29, 0.717) is 6.04 Å². The normalized spacial score (nSPS) is 20.5. The standard InChI is InChI=1S/C13H18N2/c1-11-7-8-13(14-9-11)10-15-12-5-3-2-4-6-12/h2-3,7-9,12,15H,4-6,10H2,1H3. The number of allylic oxidation sites excluding steroid dienone is 1. The van der Waals surface area contributed by atoms with Gasteiger partial charge in [0.1, 0.15) is 0 Å². The van der Waals surface area contributed by atoms with Crippen molar-refractivity contribution in [3.05, 3.63) is 41.7 Å². The zero-order valence-corrected chi connectivity index (χ0v) is 9.24. The van der Waals surface area contributed by atoms with Crippen molar-refractivity contribution in [3.8, 4) is 0 Å². The SMILES string of the molecule is Cc1ccc(CNC2CC=CCC2)nc1. The second kappa shape index (κ2) is 5.08. The Morgan fingerprint density at radius 2 is 2.33 bits per heavy atom. The molecule has 2 nitrogen and oxygen atoms in total. The molecule has 1 aliphatic carbocycles. The van der Waals surface area contributed by atoms with E-state index in [1.54, 1.807) is 0 Å². The van der Waals surface area contributed by atoms with Crippen LogP contribution in [0.25, 0.3) is 0 Å². The van der Waals surface area contributed by atoms with Crippen LogP contribution in [0.2, 0.25) is 0 Å². The van der Waals surface area contributed by atoms with Crippen molar-refractivity contribution in [2.45, 2.75) is 38.8 Å². The highest BCUT2D eigenvalue weighted by Crippen LogP contribution is 2.11. The molecule has 0 spiro atoms. The zero-order valence-electron chi connectivity index (χ0n) is 9.24. The Bertz CT molecular complexity index is 327. The van der Waals surface area contributed by atoms with Crippen LogP contribution >= 0.6 is 0 Å². The third-order valence-electron chi connectivity index (χ3n) is 2.81. The summed E-state index contributed by atoms with van der Waals surface area (Å²) >= 11 is 0. The van der Waals surface area contributed by atoms with Gasteiger partial charge < -0.3 is 5.32 Å². The van der Waals surface area contributed by atoms with Gasteiger partial charge in [0.2, 0.25) is 0 Å². The van der Waals surface area contributed by atoms with E-state index in [2.05, 4.69) is 41.5 Å². The fourth-order valence-corrected chi connectivity index (χ4v) is 1.83. The molecule has 0 bridgehead atoms. The van der Waals surface area contributed by atoms with E-state index in [9.17, 15) is 0 Å². The van der Waals surface area contributed by atoms with E-state index in [1.165, 1.54) is 18.4 Å². The molecule has 1 atom stereocenters. The van der Waals surface area contributed by atoms with Crippen LogP contribution in [0.5, 0.6) is 0 Å². The number of hydrogen-bond acceptors (Lipinski definition) is 2. The molecule has 0 aromatic carbocycles. The van der Waals surface area contributed by atoms with Gasteiger partial charge in [-0.1, -0.05) is 18.2 Å². The fourth-order valence-electron chi connectivity index (χ4n) is 1.83. The maximum absolute atomic E-state index is 4.38. The monoisotopic (exact) mass is 202 g/mol. The summed E-state index contributed by atoms with van der Waals surface area (Å²) in [5.41, 5.74) is 2.36. The maximum Gasteiger partial charge on any atom is 0.0541 e. The van der Waals surface area contributed by atoms with E-state index in [0.717, 1.165) is 18.7 Å². The van der Waals surface area contributed by atoms with Crippen molar-refractivity contribution in [1.29, 1.82) is 0 Å². The Morgan fingerprint density at radius 1 is 1.40 bits per heavy atom. The Kier molecular flexibility index (Phi) is 3.51. The van der Waals surface area contributed by atoms with Gasteiger partial charge in [0, 0.05) is 18.8 Å². The quantitative estimate of drug-likeness (QED) is 0.762. The molecule has 2 rings (SSSR count). The first-order valence-electron chi connectivity index (χ1n) is 5.64. The average Bonchev–Trinajstić information content (AvgIpc) is 2.30. The van der Waals surface area contributed by atoms with Crippen LogP contribution in [-0.4, -0.2) is 11.0 Å². The van der Waals surface area contributed by atoms with Gasteiger partial charge in [-0.15, -0.1) is 0 Å². The predicted octanol–water partition coefficient (Wildman–Crippen LogP) is 2.59. The number of nitrogens with one attached hydrogen (secondary N) is 1. The zero-order chi connectivity index (χ0) is 10.5. The second-order valence-electron chi connectivity index (χ2n) is 4.19. The Balaban J connectivity index is 1.82. The smallest absolute Gasteiger partial charge is 0.0541 e. The van der Waals surface area contributed by atoms with Gasteiger partial charge in [-0.25, -0.2) is 0 Å². The van der Waals surface area contributed by atoms with Gasteiger partial charge in [-0.3, -0.25) is 4.98 Å². The molecule has 1 aliphatic rings. The highest BCUT2D eigenvalue weighted by Gasteiger charge is 2.08. The molecule has 1 N–H and O–H groups in total. The molecule has 1 unspecified atom stereocenters. The molecule has 0 aliphatic heterocycles. The summed E-state index contributed by atoms with van der Waals surface area (Å²) in [6, 6.07) is 4.85. The number of nitrogens with zero attached hydrogens (tertiary/aromatic N) is 1. The van der Waals surface area contributed by atoms with Crippen molar-refractivity contribution < 1.29 is 0 Å². The molecule has 15 heavy (non-hydrogen) atoms. The highest BCUT2D eigenvalue weighted by atomic mass is 14.9. The molecule has 80 valence electrons. The Morgan fingerprint density at radius 3 is 3.00 bits per heavy atom. The maximum atomic E-state index is 4.38. The van der Waals surface area contributed by atoms with Crippen molar-refractivity contribution in [3.63, 3.8) is 0 Å². The number of rotatable bonds is 3. The minimum Gasteiger partial charge on any atom is -0.308 e. The van der Waals surface area contributed by atoms with Gasteiger partial charge in [0.25, 0.3) is 0 Å². The van der Waals surface area contributed by atoms with Crippen LogP contribution in [0.3, 0.4) is 0 Å². The molecule has 2 heteroatoms. The highest BCUT2D eigenvalue weighted by molar-refractivity contribution is 5.12. The summed E-state index contributed by atoms with van der Waals surface area (Å²) in [5.74, 6) is 0. The van der Waals surface area contributed by atoms with Crippen LogP contribution in [0, 0.1) is 6.92 Å². The van der Waals surface area contributed by atoms with Gasteiger partial charge >= 0.3 is 0 Å². The van der Waals surface area contributed by atoms with Gasteiger partial charge in [-0.2, -0.15) is 0 Å². The lowest BCUT2D eigenvalue weighted by atomic mass is 10.0. The predicted molar refractivity (Wildman–Crippen MR) is 62.6 cm³/mol. The fraction of sp³-hybridized carbons (Fsp3) is 0.462. The summed E-state index contributed by atoms with van der Waals surface area (Å²) in [7, 11) is 0. The largest absolute Gasteiger partial charge is 0.308 e. The molecule has 0 saturated carbocycles.